The zero-order valence-electron chi connectivity index (χ0n) is 18.4. The predicted molar refractivity (Wildman–Crippen MR) is 116 cm³/mol. The van der Waals surface area contributed by atoms with E-state index in [1.807, 2.05) is 21.9 Å². The van der Waals surface area contributed by atoms with Crippen LogP contribution >= 0.6 is 0 Å². The molecule has 1 N–H and O–H groups in total. The van der Waals surface area contributed by atoms with Crippen LogP contribution in [0.25, 0.3) is 0 Å². The first-order chi connectivity index (χ1) is 14.5. The summed E-state index contributed by atoms with van der Waals surface area (Å²) >= 11 is 0. The fraction of sp³-hybridized carbons (Fsp3) is 0.652. The van der Waals surface area contributed by atoms with E-state index in [0.29, 0.717) is 51.7 Å². The van der Waals surface area contributed by atoms with E-state index in [2.05, 4.69) is 24.1 Å². The minimum absolute atomic E-state index is 0.0449. The number of rotatable bonds is 11. The maximum atomic E-state index is 12.5. The zero-order valence-corrected chi connectivity index (χ0v) is 18.4. The Morgan fingerprint density at radius 1 is 1.13 bits per heavy atom. The quantitative estimate of drug-likeness (QED) is 0.601. The summed E-state index contributed by atoms with van der Waals surface area (Å²) in [7, 11) is 0. The van der Waals surface area contributed by atoms with Crippen LogP contribution in [-0.4, -0.2) is 58.7 Å². The first kappa shape index (κ1) is 23.8. The number of pyridine rings is 1. The van der Waals surface area contributed by atoms with Crippen molar-refractivity contribution in [1.82, 2.24) is 20.1 Å². The molecule has 166 valence electrons. The highest BCUT2D eigenvalue weighted by Crippen LogP contribution is 2.19. The maximum absolute atomic E-state index is 12.5. The van der Waals surface area contributed by atoms with Gasteiger partial charge < -0.3 is 15.1 Å². The molecule has 0 atom stereocenters. The van der Waals surface area contributed by atoms with Crippen LogP contribution in [0.15, 0.2) is 24.5 Å². The van der Waals surface area contributed by atoms with Gasteiger partial charge >= 0.3 is 0 Å². The summed E-state index contributed by atoms with van der Waals surface area (Å²) in [5.41, 5.74) is 0.976. The van der Waals surface area contributed by atoms with Gasteiger partial charge in [-0.2, -0.15) is 0 Å². The van der Waals surface area contributed by atoms with Crippen LogP contribution in [0.3, 0.4) is 0 Å². The number of hydrogen-bond acceptors (Lipinski definition) is 4. The van der Waals surface area contributed by atoms with E-state index in [1.165, 1.54) is 0 Å². The Balaban J connectivity index is 1.66. The van der Waals surface area contributed by atoms with Crippen LogP contribution in [0.1, 0.15) is 64.4 Å². The molecular formula is C23H36N4O3. The van der Waals surface area contributed by atoms with Crippen molar-refractivity contribution in [3.05, 3.63) is 30.1 Å². The molecule has 7 heteroatoms. The summed E-state index contributed by atoms with van der Waals surface area (Å²) in [6, 6.07) is 3.79. The highest BCUT2D eigenvalue weighted by Gasteiger charge is 2.27. The lowest BCUT2D eigenvalue weighted by atomic mass is 9.95. The molecule has 1 aliphatic heterocycles. The van der Waals surface area contributed by atoms with Crippen LogP contribution in [0, 0.1) is 5.92 Å². The van der Waals surface area contributed by atoms with Crippen LogP contribution in [0.2, 0.25) is 0 Å². The lowest BCUT2D eigenvalue weighted by Gasteiger charge is -2.31. The molecule has 0 spiro atoms. The molecule has 0 saturated carbocycles. The lowest BCUT2D eigenvalue weighted by molar-refractivity contribution is -0.136. The SMILES string of the molecule is CCCN(CCC)C(=O)CCCC(=O)N1CCC(C(=O)NCc2cccnc2)CC1. The van der Waals surface area contributed by atoms with Crippen LogP contribution < -0.4 is 5.32 Å². The average molecular weight is 417 g/mol. The van der Waals surface area contributed by atoms with Crippen molar-refractivity contribution in [3.63, 3.8) is 0 Å². The third-order valence-corrected chi connectivity index (χ3v) is 5.53. The van der Waals surface area contributed by atoms with Crippen LogP contribution in [0.4, 0.5) is 0 Å². The third kappa shape index (κ3) is 7.76. The summed E-state index contributed by atoms with van der Waals surface area (Å²) in [5, 5.41) is 2.97. The number of carbonyl (C=O) groups excluding carboxylic acids is 3. The third-order valence-electron chi connectivity index (χ3n) is 5.53. The largest absolute Gasteiger partial charge is 0.352 e. The highest BCUT2D eigenvalue weighted by molar-refractivity contribution is 5.81. The second-order valence-corrected chi connectivity index (χ2v) is 7.97. The molecule has 1 aliphatic rings. The summed E-state index contributed by atoms with van der Waals surface area (Å²) < 4.78 is 0. The summed E-state index contributed by atoms with van der Waals surface area (Å²) in [6.45, 7) is 7.41. The first-order valence-electron chi connectivity index (χ1n) is 11.3. The molecule has 0 bridgehead atoms. The van der Waals surface area contributed by atoms with Crippen molar-refractivity contribution < 1.29 is 14.4 Å². The van der Waals surface area contributed by atoms with Crippen molar-refractivity contribution in [2.45, 2.75) is 65.3 Å². The number of hydrogen-bond donors (Lipinski definition) is 1. The van der Waals surface area contributed by atoms with E-state index in [4.69, 9.17) is 0 Å². The van der Waals surface area contributed by atoms with E-state index in [1.54, 1.807) is 12.4 Å². The van der Waals surface area contributed by atoms with Gasteiger partial charge in [-0.3, -0.25) is 19.4 Å². The second kappa shape index (κ2) is 13.0. The van der Waals surface area contributed by atoms with Gasteiger partial charge in [0, 0.05) is 63.9 Å². The standard InChI is InChI=1S/C23H36N4O3/c1-3-13-26(14-4-2)21(28)8-5-9-22(29)27-15-10-20(11-16-27)23(30)25-18-19-7-6-12-24-17-19/h6-7,12,17,20H,3-5,8-11,13-16,18H2,1-2H3,(H,25,30). The molecule has 0 unspecified atom stereocenters. The number of amides is 3. The zero-order chi connectivity index (χ0) is 21.8. The number of likely N-dealkylation sites (tertiary alicyclic amines) is 1. The molecule has 0 aromatic carbocycles. The number of carbonyl (C=O) groups is 3. The highest BCUT2D eigenvalue weighted by atomic mass is 16.2. The number of aromatic nitrogens is 1. The van der Waals surface area contributed by atoms with Crippen LogP contribution in [0.5, 0.6) is 0 Å². The normalized spacial score (nSPS) is 14.4. The second-order valence-electron chi connectivity index (χ2n) is 7.97. The monoisotopic (exact) mass is 416 g/mol. The van der Waals surface area contributed by atoms with Gasteiger partial charge in [0.2, 0.25) is 17.7 Å². The lowest BCUT2D eigenvalue weighted by Crippen LogP contribution is -2.43. The summed E-state index contributed by atoms with van der Waals surface area (Å²) in [4.78, 5) is 45.0. The van der Waals surface area contributed by atoms with Gasteiger partial charge in [-0.05, 0) is 43.7 Å². The van der Waals surface area contributed by atoms with Gasteiger partial charge in [-0.15, -0.1) is 0 Å². The van der Waals surface area contributed by atoms with Gasteiger partial charge in [0.25, 0.3) is 0 Å². The van der Waals surface area contributed by atoms with E-state index in [-0.39, 0.29) is 23.6 Å². The van der Waals surface area contributed by atoms with E-state index < -0.39 is 0 Å². The summed E-state index contributed by atoms with van der Waals surface area (Å²) in [6.07, 6.45) is 8.15. The Hall–Kier alpha value is -2.44. The fourth-order valence-corrected chi connectivity index (χ4v) is 3.84. The number of nitrogens with one attached hydrogen (secondary N) is 1. The molecule has 2 rings (SSSR count). The average Bonchev–Trinajstić information content (AvgIpc) is 2.78. The Bertz CT molecular complexity index is 666. The van der Waals surface area contributed by atoms with Gasteiger partial charge in [0.1, 0.15) is 0 Å². The number of nitrogens with zero attached hydrogens (tertiary/aromatic N) is 3. The van der Waals surface area contributed by atoms with Crippen molar-refractivity contribution in [2.24, 2.45) is 5.92 Å². The molecule has 1 aromatic rings. The van der Waals surface area contributed by atoms with E-state index in [0.717, 1.165) is 31.5 Å². The van der Waals surface area contributed by atoms with E-state index >= 15 is 0 Å². The minimum atomic E-state index is -0.0519. The number of piperidine rings is 1. The van der Waals surface area contributed by atoms with Crippen molar-refractivity contribution in [3.8, 4) is 0 Å². The molecule has 3 amide bonds. The minimum Gasteiger partial charge on any atom is -0.352 e. The van der Waals surface area contributed by atoms with E-state index in [9.17, 15) is 14.4 Å². The van der Waals surface area contributed by atoms with Crippen molar-refractivity contribution in [1.29, 1.82) is 0 Å². The smallest absolute Gasteiger partial charge is 0.223 e. The Morgan fingerprint density at radius 2 is 1.83 bits per heavy atom. The van der Waals surface area contributed by atoms with Crippen molar-refractivity contribution >= 4 is 17.7 Å². The maximum Gasteiger partial charge on any atom is 0.223 e. The first-order valence-corrected chi connectivity index (χ1v) is 11.3. The van der Waals surface area contributed by atoms with Gasteiger partial charge in [0.15, 0.2) is 0 Å². The molecule has 7 nitrogen and oxygen atoms in total. The Kier molecular flexibility index (Phi) is 10.3. The molecule has 1 aromatic heterocycles. The molecule has 0 radical (unpaired) electrons. The fourth-order valence-electron chi connectivity index (χ4n) is 3.84. The molecule has 1 saturated heterocycles. The van der Waals surface area contributed by atoms with Gasteiger partial charge in [0.05, 0.1) is 0 Å². The molecular weight excluding hydrogens is 380 g/mol. The predicted octanol–water partition coefficient (Wildman–Crippen LogP) is 2.76. The Morgan fingerprint density at radius 3 is 2.43 bits per heavy atom. The van der Waals surface area contributed by atoms with Crippen LogP contribution in [-0.2, 0) is 20.9 Å². The molecule has 1 fully saturated rings. The molecule has 2 heterocycles. The van der Waals surface area contributed by atoms with Gasteiger partial charge in [-0.1, -0.05) is 19.9 Å². The van der Waals surface area contributed by atoms with Crippen molar-refractivity contribution in [2.75, 3.05) is 26.2 Å². The Labute approximate surface area is 180 Å². The molecule has 30 heavy (non-hydrogen) atoms. The summed E-state index contributed by atoms with van der Waals surface area (Å²) in [5.74, 6) is 0.234. The molecule has 0 aliphatic carbocycles. The van der Waals surface area contributed by atoms with Gasteiger partial charge in [-0.25, -0.2) is 0 Å². The topological polar surface area (TPSA) is 82.6 Å².